The molecule has 0 unspecified atom stereocenters. The molecule has 16 heavy (non-hydrogen) atoms. The van der Waals surface area contributed by atoms with Gasteiger partial charge in [0.1, 0.15) is 0 Å². The number of likely N-dealkylation sites (N-methyl/N-ethyl adjacent to an activating group) is 1. The van der Waals surface area contributed by atoms with Crippen molar-refractivity contribution >= 4 is 11.6 Å². The summed E-state index contributed by atoms with van der Waals surface area (Å²) in [4.78, 5) is 2.36. The van der Waals surface area contributed by atoms with E-state index in [1.165, 1.54) is 22.3 Å². The summed E-state index contributed by atoms with van der Waals surface area (Å²) in [6.45, 7) is 6.31. The Morgan fingerprint density at radius 2 is 2.00 bits per heavy atom. The van der Waals surface area contributed by atoms with E-state index in [9.17, 15) is 0 Å². The first-order valence-electron chi connectivity index (χ1n) is 5.85. The molecule has 0 amide bonds. The van der Waals surface area contributed by atoms with Gasteiger partial charge in [-0.25, -0.2) is 0 Å². The second kappa shape index (κ2) is 4.67. The van der Waals surface area contributed by atoms with Gasteiger partial charge in [-0.15, -0.1) is 0 Å². The Bertz CT molecular complexity index is 441. The lowest BCUT2D eigenvalue weighted by molar-refractivity contribution is 0.359. The highest BCUT2D eigenvalue weighted by Gasteiger charge is 2.18. The van der Waals surface area contributed by atoms with Crippen LogP contribution in [-0.4, -0.2) is 18.5 Å². The second-order valence-corrected chi connectivity index (χ2v) is 4.37. The summed E-state index contributed by atoms with van der Waals surface area (Å²) in [5.41, 5.74) is 5.68. The molecule has 0 aromatic heterocycles. The van der Waals surface area contributed by atoms with E-state index in [-0.39, 0.29) is 0 Å². The second-order valence-electron chi connectivity index (χ2n) is 4.37. The lowest BCUT2D eigenvalue weighted by Gasteiger charge is -2.28. The molecule has 0 bridgehead atoms. The molecule has 0 saturated carbocycles. The van der Waals surface area contributed by atoms with Crippen LogP contribution in [0.2, 0.25) is 0 Å². The van der Waals surface area contributed by atoms with Crippen LogP contribution < -0.4 is 0 Å². The van der Waals surface area contributed by atoms with Gasteiger partial charge in [-0.05, 0) is 43.2 Å². The molecule has 1 heteroatoms. The van der Waals surface area contributed by atoms with Crippen LogP contribution in [0.4, 0.5) is 0 Å². The van der Waals surface area contributed by atoms with Crippen molar-refractivity contribution in [2.75, 3.05) is 13.6 Å². The molecule has 0 saturated heterocycles. The summed E-state index contributed by atoms with van der Waals surface area (Å²) >= 11 is 0. The highest BCUT2D eigenvalue weighted by molar-refractivity contribution is 5.78. The number of allylic oxidation sites excluding steroid dienone is 2. The number of nitrogens with zero attached hydrogens (tertiary/aromatic N) is 1. The summed E-state index contributed by atoms with van der Waals surface area (Å²) in [5, 5.41) is 0. The van der Waals surface area contributed by atoms with Crippen LogP contribution in [0.15, 0.2) is 30.4 Å². The molecule has 1 aromatic rings. The zero-order valence-electron chi connectivity index (χ0n) is 10.3. The van der Waals surface area contributed by atoms with Crippen molar-refractivity contribution < 1.29 is 0 Å². The monoisotopic (exact) mass is 213 g/mol. The first-order valence-corrected chi connectivity index (χ1v) is 5.85. The average Bonchev–Trinajstić information content (AvgIpc) is 2.28. The lowest BCUT2D eigenvalue weighted by atomic mass is 9.90. The minimum atomic E-state index is 1.05. The van der Waals surface area contributed by atoms with Crippen LogP contribution in [0.1, 0.15) is 30.5 Å². The van der Waals surface area contributed by atoms with Crippen LogP contribution in [0.25, 0.3) is 11.6 Å². The summed E-state index contributed by atoms with van der Waals surface area (Å²) in [6.07, 6.45) is 6.55. The van der Waals surface area contributed by atoms with E-state index in [2.05, 4.69) is 62.2 Å². The van der Waals surface area contributed by atoms with Gasteiger partial charge in [-0.3, -0.25) is 4.90 Å². The van der Waals surface area contributed by atoms with Crippen molar-refractivity contribution in [3.63, 3.8) is 0 Å². The van der Waals surface area contributed by atoms with Crippen LogP contribution in [0.5, 0.6) is 0 Å². The van der Waals surface area contributed by atoms with E-state index < -0.39 is 0 Å². The fourth-order valence-corrected chi connectivity index (χ4v) is 2.41. The van der Waals surface area contributed by atoms with Crippen molar-refractivity contribution in [3.05, 3.63) is 47.0 Å². The van der Waals surface area contributed by atoms with Gasteiger partial charge in [0.05, 0.1) is 0 Å². The Kier molecular flexibility index (Phi) is 3.25. The Hall–Kier alpha value is -1.34. The van der Waals surface area contributed by atoms with Gasteiger partial charge in [0.2, 0.25) is 0 Å². The van der Waals surface area contributed by atoms with Crippen LogP contribution >= 0.6 is 0 Å². The fraction of sp³-hybridized carbons (Fsp3) is 0.333. The van der Waals surface area contributed by atoms with Gasteiger partial charge >= 0.3 is 0 Å². The molecule has 1 heterocycles. The summed E-state index contributed by atoms with van der Waals surface area (Å²) in [6, 6.07) is 6.59. The van der Waals surface area contributed by atoms with Gasteiger partial charge < -0.3 is 0 Å². The molecule has 2 rings (SSSR count). The van der Waals surface area contributed by atoms with Gasteiger partial charge in [0.25, 0.3) is 0 Å². The van der Waals surface area contributed by atoms with Crippen molar-refractivity contribution in [3.8, 4) is 0 Å². The Balaban J connectivity index is 2.59. The van der Waals surface area contributed by atoms with E-state index in [0.29, 0.717) is 0 Å². The molecular weight excluding hydrogens is 194 g/mol. The Morgan fingerprint density at radius 3 is 2.69 bits per heavy atom. The van der Waals surface area contributed by atoms with E-state index >= 15 is 0 Å². The van der Waals surface area contributed by atoms with Crippen molar-refractivity contribution in [2.45, 2.75) is 20.4 Å². The predicted octanol–water partition coefficient (Wildman–Crippen LogP) is 3.57. The average molecular weight is 213 g/mol. The predicted molar refractivity (Wildman–Crippen MR) is 71.1 cm³/mol. The van der Waals surface area contributed by atoms with Crippen molar-refractivity contribution in [2.24, 2.45) is 0 Å². The Morgan fingerprint density at radius 1 is 1.19 bits per heavy atom. The normalized spacial score (nSPS) is 19.3. The zero-order valence-corrected chi connectivity index (χ0v) is 10.3. The third-order valence-electron chi connectivity index (χ3n) is 3.08. The lowest BCUT2D eigenvalue weighted by Crippen LogP contribution is -2.26. The van der Waals surface area contributed by atoms with Crippen LogP contribution in [0, 0.1) is 0 Å². The summed E-state index contributed by atoms with van der Waals surface area (Å²) in [5.74, 6) is 0. The van der Waals surface area contributed by atoms with Gasteiger partial charge in [0, 0.05) is 13.1 Å². The van der Waals surface area contributed by atoms with Crippen LogP contribution in [0.3, 0.4) is 0 Å². The van der Waals surface area contributed by atoms with Crippen molar-refractivity contribution in [1.82, 2.24) is 4.90 Å². The maximum absolute atomic E-state index is 2.36. The van der Waals surface area contributed by atoms with E-state index in [4.69, 9.17) is 0 Å². The van der Waals surface area contributed by atoms with E-state index in [0.717, 1.165) is 13.1 Å². The number of hydrogen-bond acceptors (Lipinski definition) is 1. The number of benzene rings is 1. The molecule has 0 atom stereocenters. The maximum Gasteiger partial charge on any atom is 0.0240 e. The zero-order chi connectivity index (χ0) is 11.5. The number of hydrogen-bond donors (Lipinski definition) is 0. The summed E-state index contributed by atoms with van der Waals surface area (Å²) in [7, 11) is 2.18. The summed E-state index contributed by atoms with van der Waals surface area (Å²) < 4.78 is 0. The van der Waals surface area contributed by atoms with Crippen LogP contribution in [-0.2, 0) is 6.54 Å². The molecule has 1 aliphatic rings. The molecule has 1 aromatic carbocycles. The highest BCUT2D eigenvalue weighted by atomic mass is 15.1. The molecule has 1 aliphatic heterocycles. The standard InChI is InChI=1S/C15H19N/c1-4-7-13-8-6-9-14-11-16(3)10-12(5-2)15(13)14/h4-9H,10-11H2,1-3H3/b7-4-,12-5-. The van der Waals surface area contributed by atoms with E-state index in [1.807, 2.05) is 0 Å². The third-order valence-corrected chi connectivity index (χ3v) is 3.08. The topological polar surface area (TPSA) is 3.24 Å². The Labute approximate surface area is 98.1 Å². The number of rotatable bonds is 1. The highest BCUT2D eigenvalue weighted by Crippen LogP contribution is 2.30. The maximum atomic E-state index is 2.36. The molecule has 0 fully saturated rings. The largest absolute Gasteiger partial charge is 0.298 e. The van der Waals surface area contributed by atoms with E-state index in [1.54, 1.807) is 0 Å². The fourth-order valence-electron chi connectivity index (χ4n) is 2.41. The quantitative estimate of drug-likeness (QED) is 0.689. The van der Waals surface area contributed by atoms with Gasteiger partial charge in [-0.2, -0.15) is 0 Å². The first-order chi connectivity index (χ1) is 7.76. The van der Waals surface area contributed by atoms with Crippen molar-refractivity contribution in [1.29, 1.82) is 0 Å². The SMILES string of the molecule is C/C=C\c1cccc2c1/C(=C\C)CN(C)C2. The smallest absolute Gasteiger partial charge is 0.0240 e. The minimum absolute atomic E-state index is 1.05. The van der Waals surface area contributed by atoms with Gasteiger partial charge in [-0.1, -0.05) is 36.4 Å². The first kappa shape index (κ1) is 11.2. The molecule has 1 nitrogen and oxygen atoms in total. The molecular formula is C15H19N. The molecule has 0 spiro atoms. The molecule has 0 N–H and O–H groups in total. The third kappa shape index (κ3) is 1.96. The number of fused-ring (bicyclic) bond motifs is 1. The molecule has 0 radical (unpaired) electrons. The molecule has 84 valence electrons. The molecule has 0 aliphatic carbocycles. The minimum Gasteiger partial charge on any atom is -0.298 e. The van der Waals surface area contributed by atoms with Gasteiger partial charge in [0.15, 0.2) is 0 Å².